The fourth-order valence-corrected chi connectivity index (χ4v) is 2.55. The van der Waals surface area contributed by atoms with E-state index in [9.17, 15) is 4.79 Å². The standard InChI is InChI=1S/C11H14O4S/c12-11(13)9-4-5-10(15-9)16-7-8-3-1-2-6-14-8/h4-5,8H,1-3,6-7H2,(H,12,13). The predicted octanol–water partition coefficient (Wildman–Crippen LogP) is 2.64. The van der Waals surface area contributed by atoms with Crippen LogP contribution in [-0.2, 0) is 4.74 Å². The van der Waals surface area contributed by atoms with Gasteiger partial charge in [0.2, 0.25) is 5.76 Å². The zero-order valence-corrected chi connectivity index (χ0v) is 9.66. The molecule has 1 fully saturated rings. The van der Waals surface area contributed by atoms with Gasteiger partial charge in [0, 0.05) is 12.4 Å². The quantitative estimate of drug-likeness (QED) is 0.822. The lowest BCUT2D eigenvalue weighted by molar-refractivity contribution is 0.0314. The lowest BCUT2D eigenvalue weighted by Gasteiger charge is -2.21. The maximum Gasteiger partial charge on any atom is 0.371 e. The van der Waals surface area contributed by atoms with Crippen LogP contribution in [0.5, 0.6) is 0 Å². The molecule has 1 aliphatic rings. The van der Waals surface area contributed by atoms with Gasteiger partial charge in [-0.25, -0.2) is 4.79 Å². The van der Waals surface area contributed by atoms with Crippen LogP contribution in [0, 0.1) is 0 Å². The van der Waals surface area contributed by atoms with Crippen LogP contribution in [0.1, 0.15) is 29.8 Å². The number of aromatic carboxylic acids is 1. The molecule has 2 heterocycles. The first-order valence-electron chi connectivity index (χ1n) is 5.33. The first-order chi connectivity index (χ1) is 7.75. The van der Waals surface area contributed by atoms with Gasteiger partial charge >= 0.3 is 5.97 Å². The van der Waals surface area contributed by atoms with Crippen LogP contribution in [0.4, 0.5) is 0 Å². The maximum absolute atomic E-state index is 10.6. The van der Waals surface area contributed by atoms with Gasteiger partial charge in [0.1, 0.15) is 0 Å². The Morgan fingerprint density at radius 1 is 1.50 bits per heavy atom. The average molecular weight is 242 g/mol. The number of carbonyl (C=O) groups is 1. The van der Waals surface area contributed by atoms with Gasteiger partial charge in [0.25, 0.3) is 0 Å². The zero-order valence-electron chi connectivity index (χ0n) is 8.85. The highest BCUT2D eigenvalue weighted by Gasteiger charge is 2.15. The molecular weight excluding hydrogens is 228 g/mol. The van der Waals surface area contributed by atoms with Crippen LogP contribution in [0.2, 0.25) is 0 Å². The van der Waals surface area contributed by atoms with Crippen LogP contribution in [0.3, 0.4) is 0 Å². The van der Waals surface area contributed by atoms with E-state index in [0.29, 0.717) is 5.09 Å². The highest BCUT2D eigenvalue weighted by molar-refractivity contribution is 7.99. The molecule has 0 aromatic carbocycles. The second kappa shape index (κ2) is 5.41. The minimum atomic E-state index is -1.03. The molecule has 0 spiro atoms. The van der Waals surface area contributed by atoms with E-state index in [2.05, 4.69) is 0 Å². The Balaban J connectivity index is 1.81. The molecule has 1 aromatic heterocycles. The highest BCUT2D eigenvalue weighted by Crippen LogP contribution is 2.25. The number of carboxylic acid groups (broad SMARTS) is 1. The van der Waals surface area contributed by atoms with Gasteiger partial charge in [-0.05, 0) is 31.4 Å². The lowest BCUT2D eigenvalue weighted by atomic mass is 10.1. The van der Waals surface area contributed by atoms with E-state index in [-0.39, 0.29) is 11.9 Å². The normalized spacial score (nSPS) is 20.9. The summed E-state index contributed by atoms with van der Waals surface area (Å²) in [6, 6.07) is 3.17. The van der Waals surface area contributed by atoms with Crippen molar-refractivity contribution in [3.05, 3.63) is 17.9 Å². The van der Waals surface area contributed by atoms with Crippen molar-refractivity contribution in [3.63, 3.8) is 0 Å². The van der Waals surface area contributed by atoms with Crippen molar-refractivity contribution in [2.45, 2.75) is 30.5 Å². The molecule has 2 rings (SSSR count). The Hall–Kier alpha value is -0.940. The Kier molecular flexibility index (Phi) is 3.90. The fraction of sp³-hybridized carbons (Fsp3) is 0.545. The SMILES string of the molecule is O=C(O)c1ccc(SCC2CCCCO2)o1. The van der Waals surface area contributed by atoms with Crippen LogP contribution in [-0.4, -0.2) is 29.5 Å². The van der Waals surface area contributed by atoms with E-state index >= 15 is 0 Å². The van der Waals surface area contributed by atoms with E-state index in [1.807, 2.05) is 0 Å². The Bertz CT molecular complexity index is 355. The summed E-state index contributed by atoms with van der Waals surface area (Å²) in [5, 5.41) is 9.33. The molecule has 1 unspecified atom stereocenters. The Labute approximate surface area is 98.0 Å². The third-order valence-electron chi connectivity index (χ3n) is 2.48. The van der Waals surface area contributed by atoms with Crippen LogP contribution >= 0.6 is 11.8 Å². The van der Waals surface area contributed by atoms with E-state index in [1.54, 1.807) is 6.07 Å². The Morgan fingerprint density at radius 3 is 3.00 bits per heavy atom. The van der Waals surface area contributed by atoms with Crippen molar-refractivity contribution in [2.24, 2.45) is 0 Å². The van der Waals surface area contributed by atoms with Gasteiger partial charge in [-0.3, -0.25) is 0 Å². The number of thioether (sulfide) groups is 1. The van der Waals surface area contributed by atoms with Gasteiger partial charge in [-0.1, -0.05) is 11.8 Å². The topological polar surface area (TPSA) is 59.7 Å². The van der Waals surface area contributed by atoms with E-state index in [1.165, 1.54) is 24.2 Å². The van der Waals surface area contributed by atoms with Crippen molar-refractivity contribution in [3.8, 4) is 0 Å². The molecule has 1 aromatic rings. The number of hydrogen-bond acceptors (Lipinski definition) is 4. The van der Waals surface area contributed by atoms with Crippen molar-refractivity contribution in [2.75, 3.05) is 12.4 Å². The monoisotopic (exact) mass is 242 g/mol. The molecular formula is C11H14O4S. The summed E-state index contributed by atoms with van der Waals surface area (Å²) in [7, 11) is 0. The van der Waals surface area contributed by atoms with Crippen molar-refractivity contribution in [1.29, 1.82) is 0 Å². The molecule has 0 aliphatic carbocycles. The number of carboxylic acids is 1. The number of hydrogen-bond donors (Lipinski definition) is 1. The van der Waals surface area contributed by atoms with Gasteiger partial charge in [-0.15, -0.1) is 0 Å². The molecule has 1 aliphatic heterocycles. The summed E-state index contributed by atoms with van der Waals surface area (Å²) in [5.41, 5.74) is 0. The van der Waals surface area contributed by atoms with Crippen molar-refractivity contribution >= 4 is 17.7 Å². The summed E-state index contributed by atoms with van der Waals surface area (Å²) in [5.74, 6) is -0.208. The van der Waals surface area contributed by atoms with E-state index in [0.717, 1.165) is 25.2 Å². The smallest absolute Gasteiger partial charge is 0.371 e. The first kappa shape index (κ1) is 11.5. The second-order valence-electron chi connectivity index (χ2n) is 3.72. The van der Waals surface area contributed by atoms with Gasteiger partial charge < -0.3 is 14.3 Å². The summed E-state index contributed by atoms with van der Waals surface area (Å²) < 4.78 is 10.7. The Morgan fingerprint density at radius 2 is 2.38 bits per heavy atom. The third kappa shape index (κ3) is 3.02. The second-order valence-corrected chi connectivity index (χ2v) is 4.75. The molecule has 1 atom stereocenters. The van der Waals surface area contributed by atoms with Crippen LogP contribution in [0.15, 0.2) is 21.6 Å². The van der Waals surface area contributed by atoms with Crippen LogP contribution in [0.25, 0.3) is 0 Å². The molecule has 1 saturated heterocycles. The van der Waals surface area contributed by atoms with E-state index in [4.69, 9.17) is 14.3 Å². The summed E-state index contributed by atoms with van der Waals surface area (Å²) in [6.07, 6.45) is 3.71. The number of rotatable bonds is 4. The van der Waals surface area contributed by atoms with Gasteiger partial charge in [-0.2, -0.15) is 0 Å². The minimum Gasteiger partial charge on any atom is -0.475 e. The summed E-state index contributed by atoms with van der Waals surface area (Å²) in [4.78, 5) is 10.6. The third-order valence-corrected chi connectivity index (χ3v) is 3.52. The molecule has 88 valence electrons. The highest BCUT2D eigenvalue weighted by atomic mass is 32.2. The molecule has 0 bridgehead atoms. The van der Waals surface area contributed by atoms with E-state index < -0.39 is 5.97 Å². The van der Waals surface area contributed by atoms with Crippen molar-refractivity contribution in [1.82, 2.24) is 0 Å². The number of ether oxygens (including phenoxy) is 1. The molecule has 16 heavy (non-hydrogen) atoms. The molecule has 4 nitrogen and oxygen atoms in total. The summed E-state index contributed by atoms with van der Waals surface area (Å²) >= 11 is 1.51. The molecule has 0 amide bonds. The minimum absolute atomic E-state index is 0.00735. The molecule has 0 radical (unpaired) electrons. The fourth-order valence-electron chi connectivity index (χ4n) is 1.63. The maximum atomic E-state index is 10.6. The van der Waals surface area contributed by atoms with Crippen molar-refractivity contribution < 1.29 is 19.1 Å². The van der Waals surface area contributed by atoms with Crippen LogP contribution < -0.4 is 0 Å². The first-order valence-corrected chi connectivity index (χ1v) is 6.32. The molecule has 1 N–H and O–H groups in total. The molecule has 5 heteroatoms. The average Bonchev–Trinajstić information content (AvgIpc) is 2.76. The zero-order chi connectivity index (χ0) is 11.4. The lowest BCUT2D eigenvalue weighted by Crippen LogP contribution is -2.21. The van der Waals surface area contributed by atoms with Gasteiger partial charge in [0.15, 0.2) is 5.09 Å². The molecule has 0 saturated carbocycles. The van der Waals surface area contributed by atoms with Gasteiger partial charge in [0.05, 0.1) is 6.10 Å². The number of furan rings is 1. The predicted molar refractivity (Wildman–Crippen MR) is 60.0 cm³/mol. The summed E-state index contributed by atoms with van der Waals surface area (Å²) in [6.45, 7) is 0.837. The largest absolute Gasteiger partial charge is 0.475 e.